The third-order valence-corrected chi connectivity index (χ3v) is 6.63. The van der Waals surface area contributed by atoms with Crippen molar-refractivity contribution in [3.63, 3.8) is 0 Å². The predicted molar refractivity (Wildman–Crippen MR) is 92.8 cm³/mol. The minimum Gasteiger partial charge on any atom is -0.205 e. The van der Waals surface area contributed by atoms with Gasteiger partial charge in [0.2, 0.25) is 0 Å². The number of hydrogen-bond donors (Lipinski definition) is 0. The molecule has 1 fully saturated rings. The molecule has 3 heteroatoms. The van der Waals surface area contributed by atoms with Gasteiger partial charge in [-0.3, -0.25) is 0 Å². The fraction of sp³-hybridized carbons (Fsp3) is 0.667. The summed E-state index contributed by atoms with van der Waals surface area (Å²) in [7, 11) is 0. The van der Waals surface area contributed by atoms with Gasteiger partial charge in [-0.05, 0) is 60.5 Å². The van der Waals surface area contributed by atoms with Crippen LogP contribution in [0, 0.1) is 22.6 Å². The zero-order valence-electron chi connectivity index (χ0n) is 13.2. The zero-order chi connectivity index (χ0) is 15.7. The molecule has 0 radical (unpaired) electrons. The first-order valence-electron chi connectivity index (χ1n) is 7.76. The predicted octanol–water partition coefficient (Wildman–Crippen LogP) is 6.64. The lowest BCUT2D eigenvalue weighted by Crippen LogP contribution is -2.35. The van der Waals surface area contributed by atoms with E-state index in [0.717, 1.165) is 36.1 Å². The molecule has 0 heterocycles. The summed E-state index contributed by atoms with van der Waals surface area (Å²) in [6.45, 7) is 6.99. The molecule has 0 N–H and O–H groups in total. The molecule has 118 valence electrons. The third-order valence-electron chi connectivity index (χ3n) is 5.15. The van der Waals surface area contributed by atoms with Gasteiger partial charge >= 0.3 is 0 Å². The molecule has 0 bridgehead atoms. The normalized spacial score (nSPS) is 26.9. The molecule has 1 aromatic rings. The Hall–Kier alpha value is -0.0800. The molecule has 1 aliphatic rings. The van der Waals surface area contributed by atoms with Crippen molar-refractivity contribution >= 4 is 27.5 Å². The summed E-state index contributed by atoms with van der Waals surface area (Å²) in [5, 5.41) is 1.17. The van der Waals surface area contributed by atoms with Crippen LogP contribution in [0.15, 0.2) is 18.2 Å². The van der Waals surface area contributed by atoms with Crippen LogP contribution in [0.25, 0.3) is 0 Å². The fourth-order valence-corrected chi connectivity index (χ4v) is 4.50. The molecule has 0 saturated heterocycles. The summed E-state index contributed by atoms with van der Waals surface area (Å²) in [6, 6.07) is 5.35. The zero-order valence-corrected chi connectivity index (χ0v) is 15.5. The maximum atomic E-state index is 14.2. The SMILES string of the molecule is CC(C)(C)C1CCC(CBr)(Cc2cccc(Cl)c2F)CC1. The highest BCUT2D eigenvalue weighted by Crippen LogP contribution is 2.48. The molecule has 0 aromatic heterocycles. The van der Waals surface area contributed by atoms with Gasteiger partial charge < -0.3 is 0 Å². The number of benzene rings is 1. The highest BCUT2D eigenvalue weighted by atomic mass is 79.9. The lowest BCUT2D eigenvalue weighted by atomic mass is 9.63. The monoisotopic (exact) mass is 374 g/mol. The van der Waals surface area contributed by atoms with Gasteiger partial charge in [0, 0.05) is 5.33 Å². The molecule has 2 rings (SSSR count). The Morgan fingerprint density at radius 3 is 2.43 bits per heavy atom. The van der Waals surface area contributed by atoms with E-state index in [1.54, 1.807) is 6.07 Å². The molecule has 0 nitrogen and oxygen atoms in total. The molecule has 0 atom stereocenters. The van der Waals surface area contributed by atoms with Crippen molar-refractivity contribution in [1.82, 2.24) is 0 Å². The Morgan fingerprint density at radius 2 is 1.90 bits per heavy atom. The molecule has 1 saturated carbocycles. The van der Waals surface area contributed by atoms with E-state index in [2.05, 4.69) is 36.7 Å². The van der Waals surface area contributed by atoms with Crippen LogP contribution >= 0.6 is 27.5 Å². The summed E-state index contributed by atoms with van der Waals surface area (Å²) < 4.78 is 14.2. The van der Waals surface area contributed by atoms with Crippen molar-refractivity contribution < 1.29 is 4.39 Å². The van der Waals surface area contributed by atoms with E-state index in [-0.39, 0.29) is 16.3 Å². The van der Waals surface area contributed by atoms with E-state index >= 15 is 0 Å². The van der Waals surface area contributed by atoms with E-state index in [1.807, 2.05) is 12.1 Å². The lowest BCUT2D eigenvalue weighted by Gasteiger charge is -2.43. The molecular weight excluding hydrogens is 351 g/mol. The summed E-state index contributed by atoms with van der Waals surface area (Å²) >= 11 is 9.60. The van der Waals surface area contributed by atoms with Gasteiger partial charge in [0.25, 0.3) is 0 Å². The highest BCUT2D eigenvalue weighted by Gasteiger charge is 2.38. The number of alkyl halides is 1. The smallest absolute Gasteiger partial charge is 0.144 e. The number of rotatable bonds is 3. The van der Waals surface area contributed by atoms with Crippen LogP contribution in [0.4, 0.5) is 4.39 Å². The molecule has 0 unspecified atom stereocenters. The summed E-state index contributed by atoms with van der Waals surface area (Å²) in [5.41, 5.74) is 1.31. The second-order valence-corrected chi connectivity index (χ2v) is 8.63. The Bertz CT molecular complexity index is 484. The Morgan fingerprint density at radius 1 is 1.29 bits per heavy atom. The Balaban J connectivity index is 2.12. The average molecular weight is 376 g/mol. The molecule has 1 aliphatic carbocycles. The van der Waals surface area contributed by atoms with Crippen LogP contribution in [0.2, 0.25) is 5.02 Å². The maximum absolute atomic E-state index is 14.2. The molecule has 0 amide bonds. The Labute approximate surface area is 141 Å². The fourth-order valence-electron chi connectivity index (χ4n) is 3.54. The summed E-state index contributed by atoms with van der Waals surface area (Å²) in [5.74, 6) is 0.534. The van der Waals surface area contributed by atoms with Gasteiger partial charge in [0.05, 0.1) is 5.02 Å². The van der Waals surface area contributed by atoms with Crippen LogP contribution < -0.4 is 0 Å². The highest BCUT2D eigenvalue weighted by molar-refractivity contribution is 9.09. The van der Waals surface area contributed by atoms with E-state index < -0.39 is 0 Å². The average Bonchev–Trinajstić information content (AvgIpc) is 2.43. The molecule has 21 heavy (non-hydrogen) atoms. The molecule has 1 aromatic carbocycles. The first-order chi connectivity index (χ1) is 9.77. The van der Waals surface area contributed by atoms with E-state index in [4.69, 9.17) is 11.6 Å². The van der Waals surface area contributed by atoms with Gasteiger partial charge in [0.1, 0.15) is 5.82 Å². The van der Waals surface area contributed by atoms with Crippen molar-refractivity contribution in [1.29, 1.82) is 0 Å². The largest absolute Gasteiger partial charge is 0.205 e. The maximum Gasteiger partial charge on any atom is 0.144 e. The van der Waals surface area contributed by atoms with Crippen molar-refractivity contribution in [3.05, 3.63) is 34.6 Å². The first kappa shape index (κ1) is 17.3. The molecule has 0 spiro atoms. The van der Waals surface area contributed by atoms with Gasteiger partial charge in [-0.25, -0.2) is 4.39 Å². The topological polar surface area (TPSA) is 0 Å². The van der Waals surface area contributed by atoms with E-state index in [9.17, 15) is 4.39 Å². The van der Waals surface area contributed by atoms with Crippen LogP contribution in [0.5, 0.6) is 0 Å². The van der Waals surface area contributed by atoms with Gasteiger partial charge in [-0.2, -0.15) is 0 Å². The summed E-state index contributed by atoms with van der Waals surface area (Å²) in [6.07, 6.45) is 5.56. The van der Waals surface area contributed by atoms with Crippen molar-refractivity contribution in [2.45, 2.75) is 52.9 Å². The van der Waals surface area contributed by atoms with Crippen LogP contribution in [0.3, 0.4) is 0 Å². The minimum absolute atomic E-state index is 0.174. The number of hydrogen-bond acceptors (Lipinski definition) is 0. The number of halogens is 3. The summed E-state index contributed by atoms with van der Waals surface area (Å²) in [4.78, 5) is 0. The second-order valence-electron chi connectivity index (χ2n) is 7.66. The van der Waals surface area contributed by atoms with Crippen LogP contribution in [-0.2, 0) is 6.42 Å². The van der Waals surface area contributed by atoms with Gasteiger partial charge in [0.15, 0.2) is 0 Å². The van der Waals surface area contributed by atoms with Crippen LogP contribution in [-0.4, -0.2) is 5.33 Å². The van der Waals surface area contributed by atoms with Gasteiger partial charge in [-0.1, -0.05) is 60.4 Å². The van der Waals surface area contributed by atoms with Crippen LogP contribution in [0.1, 0.15) is 52.0 Å². The third kappa shape index (κ3) is 4.01. The first-order valence-corrected chi connectivity index (χ1v) is 9.26. The van der Waals surface area contributed by atoms with Crippen molar-refractivity contribution in [2.75, 3.05) is 5.33 Å². The minimum atomic E-state index is -0.238. The second kappa shape index (κ2) is 6.58. The van der Waals surface area contributed by atoms with Gasteiger partial charge in [-0.15, -0.1) is 0 Å². The lowest BCUT2D eigenvalue weighted by molar-refractivity contribution is 0.103. The standard InChI is InChI=1S/C18H25BrClF/c1-17(2,3)14-7-9-18(12-19,10-8-14)11-13-5-4-6-15(20)16(13)21/h4-6,14H,7-12H2,1-3H3. The van der Waals surface area contributed by atoms with Crippen molar-refractivity contribution in [2.24, 2.45) is 16.7 Å². The van der Waals surface area contributed by atoms with Crippen molar-refractivity contribution in [3.8, 4) is 0 Å². The quantitative estimate of drug-likeness (QED) is 0.519. The van der Waals surface area contributed by atoms with E-state index in [1.165, 1.54) is 12.8 Å². The Kier molecular flexibility index (Phi) is 5.41. The molecule has 0 aliphatic heterocycles. The molecular formula is C18H25BrClF. The van der Waals surface area contributed by atoms with E-state index in [0.29, 0.717) is 5.41 Å².